The van der Waals surface area contributed by atoms with Crippen molar-refractivity contribution in [3.8, 4) is 10.4 Å². The maximum Gasteiger partial charge on any atom is 0.317 e. The van der Waals surface area contributed by atoms with Crippen molar-refractivity contribution in [2.45, 2.75) is 51.4 Å². The van der Waals surface area contributed by atoms with E-state index in [0.29, 0.717) is 0 Å². The number of carbonyl (C=O) groups is 1. The molecule has 7 nitrogen and oxygen atoms in total. The van der Waals surface area contributed by atoms with Gasteiger partial charge in [-0.05, 0) is 55.9 Å². The summed E-state index contributed by atoms with van der Waals surface area (Å²) in [6, 6.07) is 6.51. The van der Waals surface area contributed by atoms with Crippen molar-refractivity contribution < 1.29 is 9.53 Å². The van der Waals surface area contributed by atoms with Crippen LogP contribution >= 0.6 is 11.3 Å². The van der Waals surface area contributed by atoms with Crippen molar-refractivity contribution in [2.24, 2.45) is 5.73 Å². The second-order valence-electron chi connectivity index (χ2n) is 9.39. The number of aromatic nitrogens is 1. The monoisotopic (exact) mass is 479 g/mol. The van der Waals surface area contributed by atoms with Crippen LogP contribution in [-0.4, -0.2) is 54.3 Å². The largest absolute Gasteiger partial charge is 0.400 e. The average molecular weight is 480 g/mol. The first-order valence-corrected chi connectivity index (χ1v) is 13.0. The van der Waals surface area contributed by atoms with E-state index in [2.05, 4.69) is 34.9 Å². The number of nitrogens with one attached hydrogen (secondary N) is 2. The number of urea groups is 1. The van der Waals surface area contributed by atoms with Crippen molar-refractivity contribution in [2.75, 3.05) is 26.2 Å². The molecule has 1 aromatic heterocycles. The maximum atomic E-state index is 12.8. The summed E-state index contributed by atoms with van der Waals surface area (Å²) < 4.78 is 5.90. The summed E-state index contributed by atoms with van der Waals surface area (Å²) >= 11 is 1.69. The van der Waals surface area contributed by atoms with E-state index in [4.69, 9.17) is 15.5 Å². The van der Waals surface area contributed by atoms with Gasteiger partial charge in [-0.3, -0.25) is 0 Å². The summed E-state index contributed by atoms with van der Waals surface area (Å²) in [5.74, 6) is 0. The van der Waals surface area contributed by atoms with Gasteiger partial charge in [0, 0.05) is 43.6 Å². The highest BCUT2D eigenvalue weighted by atomic mass is 32.1. The van der Waals surface area contributed by atoms with Gasteiger partial charge in [-0.25, -0.2) is 9.78 Å². The molecule has 2 aromatic rings. The van der Waals surface area contributed by atoms with Crippen LogP contribution < -0.4 is 16.4 Å². The maximum absolute atomic E-state index is 12.8. The number of thiazole rings is 1. The van der Waals surface area contributed by atoms with Gasteiger partial charge in [-0.1, -0.05) is 24.3 Å². The van der Waals surface area contributed by atoms with Gasteiger partial charge in [0.1, 0.15) is 11.1 Å². The minimum absolute atomic E-state index is 0.0400. The zero-order valence-corrected chi connectivity index (χ0v) is 20.7. The van der Waals surface area contributed by atoms with E-state index in [1.807, 2.05) is 31.0 Å². The Hall–Kier alpha value is -2.68. The molecule has 8 heteroatoms. The van der Waals surface area contributed by atoms with Crippen molar-refractivity contribution in [3.05, 3.63) is 58.4 Å². The number of fused-ring (bicyclic) bond motifs is 1. The van der Waals surface area contributed by atoms with Crippen LogP contribution in [0.15, 0.2) is 42.2 Å². The van der Waals surface area contributed by atoms with Gasteiger partial charge in [-0.2, -0.15) is 0 Å². The molecule has 0 saturated carbocycles. The predicted octanol–water partition coefficient (Wildman–Crippen LogP) is 3.84. The topological polar surface area (TPSA) is 92.5 Å². The third-order valence-electron chi connectivity index (χ3n) is 6.67. The van der Waals surface area contributed by atoms with E-state index >= 15 is 0 Å². The molecule has 180 valence electrons. The van der Waals surface area contributed by atoms with Gasteiger partial charge < -0.3 is 26.0 Å². The quantitative estimate of drug-likeness (QED) is 0.606. The fourth-order valence-electron chi connectivity index (χ4n) is 4.99. The van der Waals surface area contributed by atoms with Crippen molar-refractivity contribution in [3.63, 3.8) is 0 Å². The number of hydrogen-bond acceptors (Lipinski definition) is 6. The molecule has 2 aliphatic carbocycles. The fraction of sp³-hybridized carbons (Fsp3) is 0.462. The van der Waals surface area contributed by atoms with E-state index in [9.17, 15) is 4.79 Å². The lowest BCUT2D eigenvalue weighted by Crippen LogP contribution is -2.50. The first-order valence-electron chi connectivity index (χ1n) is 12.2. The number of carbonyl (C=O) groups excluding carboxylic acids is 1. The van der Waals surface area contributed by atoms with E-state index in [0.717, 1.165) is 66.6 Å². The Morgan fingerprint density at radius 3 is 2.91 bits per heavy atom. The highest BCUT2D eigenvalue weighted by Gasteiger charge is 2.29. The number of piperazine rings is 1. The summed E-state index contributed by atoms with van der Waals surface area (Å²) in [4.78, 5) is 20.5. The van der Waals surface area contributed by atoms with Crippen molar-refractivity contribution in [1.29, 1.82) is 0 Å². The molecule has 34 heavy (non-hydrogen) atoms. The zero-order valence-electron chi connectivity index (χ0n) is 19.8. The van der Waals surface area contributed by atoms with E-state index < -0.39 is 0 Å². The van der Waals surface area contributed by atoms with Crippen molar-refractivity contribution >= 4 is 22.9 Å². The Balaban J connectivity index is 1.32. The summed E-state index contributed by atoms with van der Waals surface area (Å²) in [7, 11) is 0. The van der Waals surface area contributed by atoms with Gasteiger partial charge in [0.05, 0.1) is 17.0 Å². The Labute approximate surface area is 205 Å². The zero-order chi connectivity index (χ0) is 23.7. The molecule has 1 fully saturated rings. The highest BCUT2D eigenvalue weighted by Crippen LogP contribution is 2.41. The average Bonchev–Trinajstić information content (AvgIpc) is 3.48. The number of nitrogens with zero attached hydrogens (tertiary/aromatic N) is 2. The van der Waals surface area contributed by atoms with E-state index in [1.54, 1.807) is 11.3 Å². The summed E-state index contributed by atoms with van der Waals surface area (Å²) in [6.45, 7) is 7.28. The second kappa shape index (κ2) is 9.90. The molecule has 2 heterocycles. The molecular weight excluding hydrogens is 446 g/mol. The van der Waals surface area contributed by atoms with Crippen LogP contribution in [0, 0.1) is 0 Å². The highest BCUT2D eigenvalue weighted by molar-refractivity contribution is 7.16. The van der Waals surface area contributed by atoms with Crippen LogP contribution in [0.3, 0.4) is 0 Å². The first-order chi connectivity index (χ1) is 16.5. The lowest BCUT2D eigenvalue weighted by atomic mass is 10.0. The lowest BCUT2D eigenvalue weighted by molar-refractivity contribution is 0.0295. The minimum Gasteiger partial charge on any atom is -0.400 e. The van der Waals surface area contributed by atoms with Crippen molar-refractivity contribution in [1.82, 2.24) is 20.5 Å². The normalized spacial score (nSPS) is 22.4. The number of rotatable bonds is 5. The van der Waals surface area contributed by atoms with Crippen LogP contribution in [0.2, 0.25) is 0 Å². The Bertz CT molecular complexity index is 1120. The Morgan fingerprint density at radius 2 is 2.15 bits per heavy atom. The van der Waals surface area contributed by atoms with Crippen LogP contribution in [0.25, 0.3) is 16.0 Å². The molecule has 0 radical (unpaired) electrons. The molecule has 5 rings (SSSR count). The molecule has 0 spiro atoms. The number of nitrogens with two attached hydrogens (primary N) is 1. The summed E-state index contributed by atoms with van der Waals surface area (Å²) in [6.07, 6.45) is 8.85. The molecule has 4 N–H and O–H groups in total. The smallest absolute Gasteiger partial charge is 0.317 e. The van der Waals surface area contributed by atoms with Gasteiger partial charge >= 0.3 is 6.03 Å². The molecule has 2 amide bonds. The van der Waals surface area contributed by atoms with Crippen LogP contribution in [0.5, 0.6) is 0 Å². The molecule has 2 atom stereocenters. The van der Waals surface area contributed by atoms with E-state index in [-0.39, 0.29) is 24.3 Å². The Kier molecular flexibility index (Phi) is 6.72. The van der Waals surface area contributed by atoms with Gasteiger partial charge in [-0.15, -0.1) is 11.3 Å². The lowest BCUT2D eigenvalue weighted by Gasteiger charge is -2.29. The second-order valence-corrected chi connectivity index (χ2v) is 10.4. The van der Waals surface area contributed by atoms with Gasteiger partial charge in [0.25, 0.3) is 0 Å². The standard InChI is InChI=1S/C26H33N5O2S/c1-16(2)33-23-9-6-17(14-21(23)27)25-29-15-24(34-25)20-5-3-4-19-18(20)7-8-22(19)30-26(32)31-12-10-28-11-13-31/h3-6,14-16,22-23,28H,7-13,27H2,1-2H3,(H,30,32)/t22-,23?/m0/s1. The molecule has 0 bridgehead atoms. The van der Waals surface area contributed by atoms with Crippen LogP contribution in [-0.2, 0) is 11.2 Å². The number of benzene rings is 1. The molecule has 3 aliphatic rings. The third kappa shape index (κ3) is 4.76. The van der Waals surface area contributed by atoms with Gasteiger partial charge in [0.15, 0.2) is 0 Å². The molecule has 1 saturated heterocycles. The van der Waals surface area contributed by atoms with Gasteiger partial charge in [0.2, 0.25) is 0 Å². The molecule has 1 unspecified atom stereocenters. The number of amides is 2. The fourth-order valence-corrected chi connectivity index (χ4v) is 5.97. The number of allylic oxidation sites excluding steroid dienone is 2. The molecule has 1 aliphatic heterocycles. The van der Waals surface area contributed by atoms with Crippen LogP contribution in [0.1, 0.15) is 48.9 Å². The molecule has 1 aromatic carbocycles. The molecular formula is C26H33N5O2S. The summed E-state index contributed by atoms with van der Waals surface area (Å²) in [5.41, 5.74) is 11.9. The van der Waals surface area contributed by atoms with E-state index in [1.165, 1.54) is 16.7 Å². The van der Waals surface area contributed by atoms with Crippen LogP contribution in [0.4, 0.5) is 4.79 Å². The number of hydrogen-bond donors (Lipinski definition) is 3. The third-order valence-corrected chi connectivity index (χ3v) is 7.75. The number of ether oxygens (including phenoxy) is 1. The predicted molar refractivity (Wildman–Crippen MR) is 136 cm³/mol. The first kappa shape index (κ1) is 23.1. The summed E-state index contributed by atoms with van der Waals surface area (Å²) in [5, 5.41) is 7.53. The minimum atomic E-state index is -0.0612. The Morgan fingerprint density at radius 1 is 1.32 bits per heavy atom. The SMILES string of the molecule is CC(C)OC1CC=C(c2ncc(-c3cccc4c3CC[C@@H]4NC(=O)N3CCNCC3)s2)C=C1N.